The molecule has 0 amide bonds. The maximum absolute atomic E-state index is 6.22. The predicted molar refractivity (Wildman–Crippen MR) is 83.3 cm³/mol. The molecule has 19 heavy (non-hydrogen) atoms. The molecule has 0 heterocycles. The molecule has 1 atom stereocenters. The molecule has 2 N–H and O–H groups in total. The molecule has 0 spiro atoms. The highest BCUT2D eigenvalue weighted by Crippen LogP contribution is 2.31. The van der Waals surface area contributed by atoms with Gasteiger partial charge in [-0.1, -0.05) is 59.1 Å². The average Bonchev–Trinajstić information content (AvgIpc) is 2.36. The van der Waals surface area contributed by atoms with Gasteiger partial charge in [-0.05, 0) is 42.2 Å². The fourth-order valence-electron chi connectivity index (χ4n) is 1.97. The van der Waals surface area contributed by atoms with Crippen LogP contribution in [0.5, 0.6) is 0 Å². The number of benzene rings is 2. The summed E-state index contributed by atoms with van der Waals surface area (Å²) in [5.41, 5.74) is 9.18. The van der Waals surface area contributed by atoms with Gasteiger partial charge in [0, 0.05) is 11.1 Å². The zero-order valence-electron chi connectivity index (χ0n) is 10.5. The van der Waals surface area contributed by atoms with E-state index in [0.29, 0.717) is 16.5 Å². The topological polar surface area (TPSA) is 26.0 Å². The molecular formula is C15H14Cl3N. The van der Waals surface area contributed by atoms with E-state index in [1.165, 1.54) is 0 Å². The lowest BCUT2D eigenvalue weighted by Gasteiger charge is -2.15. The highest BCUT2D eigenvalue weighted by atomic mass is 35.5. The number of nitrogens with two attached hydrogens (primary N) is 1. The minimum Gasteiger partial charge on any atom is -0.324 e. The van der Waals surface area contributed by atoms with Crippen LogP contribution in [0.25, 0.3) is 0 Å². The first-order valence-electron chi connectivity index (χ1n) is 5.93. The van der Waals surface area contributed by atoms with Gasteiger partial charge in [0.15, 0.2) is 0 Å². The molecule has 0 aromatic heterocycles. The summed E-state index contributed by atoms with van der Waals surface area (Å²) in [6.45, 7) is 2.00. The molecule has 2 rings (SSSR count). The molecule has 0 aliphatic rings. The Balaban J connectivity index is 2.25. The average molecular weight is 315 g/mol. The maximum Gasteiger partial charge on any atom is 0.0640 e. The smallest absolute Gasteiger partial charge is 0.0640 e. The Morgan fingerprint density at radius 1 is 1.05 bits per heavy atom. The number of aryl methyl sites for hydroxylation is 1. The van der Waals surface area contributed by atoms with Crippen molar-refractivity contribution in [3.8, 4) is 0 Å². The van der Waals surface area contributed by atoms with Crippen LogP contribution in [0.1, 0.15) is 22.7 Å². The van der Waals surface area contributed by atoms with Crippen molar-refractivity contribution < 1.29 is 0 Å². The zero-order chi connectivity index (χ0) is 14.0. The minimum atomic E-state index is -0.230. The van der Waals surface area contributed by atoms with Crippen LogP contribution in [0, 0.1) is 6.92 Å². The summed E-state index contributed by atoms with van der Waals surface area (Å²) in [6, 6.07) is 11.2. The number of rotatable bonds is 3. The lowest BCUT2D eigenvalue weighted by atomic mass is 9.99. The van der Waals surface area contributed by atoms with Crippen LogP contribution < -0.4 is 5.73 Å². The zero-order valence-corrected chi connectivity index (χ0v) is 12.7. The van der Waals surface area contributed by atoms with Crippen molar-refractivity contribution in [2.75, 3.05) is 0 Å². The molecule has 0 aliphatic heterocycles. The summed E-state index contributed by atoms with van der Waals surface area (Å²) >= 11 is 18.4. The van der Waals surface area contributed by atoms with Crippen LogP contribution in [0.15, 0.2) is 36.4 Å². The van der Waals surface area contributed by atoms with Crippen molar-refractivity contribution in [2.24, 2.45) is 5.73 Å². The molecule has 1 unspecified atom stereocenters. The highest BCUT2D eigenvalue weighted by Gasteiger charge is 2.14. The van der Waals surface area contributed by atoms with Crippen molar-refractivity contribution in [3.63, 3.8) is 0 Å². The molecule has 0 saturated heterocycles. The first kappa shape index (κ1) is 14.7. The summed E-state index contributed by atoms with van der Waals surface area (Å²) < 4.78 is 0. The number of hydrogen-bond donors (Lipinski definition) is 1. The molecule has 4 heteroatoms. The highest BCUT2D eigenvalue weighted by molar-refractivity contribution is 6.42. The Morgan fingerprint density at radius 3 is 2.47 bits per heavy atom. The van der Waals surface area contributed by atoms with E-state index in [9.17, 15) is 0 Å². The minimum absolute atomic E-state index is 0.230. The number of hydrogen-bond acceptors (Lipinski definition) is 1. The van der Waals surface area contributed by atoms with Gasteiger partial charge in [0.05, 0.1) is 10.0 Å². The van der Waals surface area contributed by atoms with Gasteiger partial charge in [-0.25, -0.2) is 0 Å². The van der Waals surface area contributed by atoms with Gasteiger partial charge < -0.3 is 5.73 Å². The lowest BCUT2D eigenvalue weighted by Crippen LogP contribution is -2.14. The van der Waals surface area contributed by atoms with Gasteiger partial charge in [0.1, 0.15) is 0 Å². The quantitative estimate of drug-likeness (QED) is 0.828. The second-order valence-electron chi connectivity index (χ2n) is 4.55. The lowest BCUT2D eigenvalue weighted by molar-refractivity contribution is 0.722. The summed E-state index contributed by atoms with van der Waals surface area (Å²) in [5.74, 6) is 0. The first-order valence-corrected chi connectivity index (χ1v) is 7.07. The Labute approximate surface area is 128 Å². The van der Waals surface area contributed by atoms with Gasteiger partial charge in [-0.15, -0.1) is 0 Å². The number of halogens is 3. The fourth-order valence-corrected chi connectivity index (χ4v) is 2.73. The molecule has 100 valence electrons. The first-order chi connectivity index (χ1) is 8.99. The van der Waals surface area contributed by atoms with Crippen molar-refractivity contribution in [1.82, 2.24) is 0 Å². The monoisotopic (exact) mass is 313 g/mol. The van der Waals surface area contributed by atoms with E-state index in [2.05, 4.69) is 0 Å². The molecule has 2 aromatic carbocycles. The molecule has 0 saturated carbocycles. The SMILES string of the molecule is Cc1ccc(CC(N)c2cccc(Cl)c2Cl)c(Cl)c1. The summed E-state index contributed by atoms with van der Waals surface area (Å²) in [5, 5.41) is 1.76. The van der Waals surface area contributed by atoms with Crippen LogP contribution >= 0.6 is 34.8 Å². The third-order valence-electron chi connectivity index (χ3n) is 3.03. The Morgan fingerprint density at radius 2 is 1.79 bits per heavy atom. The van der Waals surface area contributed by atoms with Crippen LogP contribution in [0.4, 0.5) is 0 Å². The largest absolute Gasteiger partial charge is 0.324 e. The third kappa shape index (κ3) is 3.43. The molecule has 0 fully saturated rings. The molecular weight excluding hydrogens is 301 g/mol. The Kier molecular flexibility index (Phi) is 4.75. The van der Waals surface area contributed by atoms with Crippen molar-refractivity contribution in [2.45, 2.75) is 19.4 Å². The normalized spacial score (nSPS) is 12.5. The van der Waals surface area contributed by atoms with Crippen molar-refractivity contribution in [3.05, 3.63) is 68.2 Å². The van der Waals surface area contributed by atoms with E-state index in [-0.39, 0.29) is 6.04 Å². The predicted octanol–water partition coefficient (Wildman–Crippen LogP) is 5.20. The summed E-state index contributed by atoms with van der Waals surface area (Å²) in [7, 11) is 0. The Hall–Kier alpha value is -0.730. The second kappa shape index (κ2) is 6.15. The third-order valence-corrected chi connectivity index (χ3v) is 4.21. The van der Waals surface area contributed by atoms with Crippen LogP contribution in [0.3, 0.4) is 0 Å². The van der Waals surface area contributed by atoms with Crippen LogP contribution in [-0.2, 0) is 6.42 Å². The molecule has 0 bridgehead atoms. The molecule has 0 aliphatic carbocycles. The standard InChI is InChI=1S/C15H14Cl3N/c1-9-5-6-10(13(17)7-9)8-14(19)11-3-2-4-12(16)15(11)18/h2-7,14H,8,19H2,1H3. The van der Waals surface area contributed by atoms with Crippen molar-refractivity contribution in [1.29, 1.82) is 0 Å². The van der Waals surface area contributed by atoms with E-state index < -0.39 is 0 Å². The van der Waals surface area contributed by atoms with E-state index in [1.807, 2.05) is 37.3 Å². The molecule has 0 radical (unpaired) electrons. The molecule has 1 nitrogen and oxygen atoms in total. The van der Waals surface area contributed by atoms with Gasteiger partial charge >= 0.3 is 0 Å². The van der Waals surface area contributed by atoms with Gasteiger partial charge in [0.2, 0.25) is 0 Å². The van der Waals surface area contributed by atoms with E-state index in [1.54, 1.807) is 6.07 Å². The van der Waals surface area contributed by atoms with Gasteiger partial charge in [-0.3, -0.25) is 0 Å². The van der Waals surface area contributed by atoms with Gasteiger partial charge in [0.25, 0.3) is 0 Å². The second-order valence-corrected chi connectivity index (χ2v) is 5.74. The van der Waals surface area contributed by atoms with E-state index in [0.717, 1.165) is 21.7 Å². The van der Waals surface area contributed by atoms with Crippen molar-refractivity contribution >= 4 is 34.8 Å². The maximum atomic E-state index is 6.22. The van der Waals surface area contributed by atoms with E-state index >= 15 is 0 Å². The Bertz CT molecular complexity index is 596. The van der Waals surface area contributed by atoms with Crippen LogP contribution in [-0.4, -0.2) is 0 Å². The summed E-state index contributed by atoms with van der Waals surface area (Å²) in [6.07, 6.45) is 0.624. The van der Waals surface area contributed by atoms with Crippen LogP contribution in [0.2, 0.25) is 15.1 Å². The molecule has 2 aromatic rings. The summed E-state index contributed by atoms with van der Waals surface area (Å²) in [4.78, 5) is 0. The van der Waals surface area contributed by atoms with Gasteiger partial charge in [-0.2, -0.15) is 0 Å². The fraction of sp³-hybridized carbons (Fsp3) is 0.200. The van der Waals surface area contributed by atoms with E-state index in [4.69, 9.17) is 40.5 Å².